The van der Waals surface area contributed by atoms with Gasteiger partial charge in [0.2, 0.25) is 0 Å². The van der Waals surface area contributed by atoms with Crippen LogP contribution in [-0.2, 0) is 0 Å². The molecule has 2 heterocycles. The molecule has 1 saturated heterocycles. The number of benzene rings is 1. The van der Waals surface area contributed by atoms with Crippen LogP contribution in [-0.4, -0.2) is 46.2 Å². The monoisotopic (exact) mass is 416 g/mol. The molecule has 1 aliphatic heterocycles. The van der Waals surface area contributed by atoms with Crippen molar-refractivity contribution in [3.05, 3.63) is 52.3 Å². The number of H-pyrrole nitrogens is 1. The van der Waals surface area contributed by atoms with Crippen LogP contribution < -0.4 is 4.74 Å². The molecule has 1 amide bonds. The van der Waals surface area contributed by atoms with E-state index in [-0.39, 0.29) is 17.9 Å². The SMILES string of the molecule is Cc1cc(O[C@@H]2C[C@@H]3CN(C(=O)c4ccc[nH]4)C[C@@H]3C[C@H]2O)c(C(C)C)cc1Cl. The zero-order valence-electron chi connectivity index (χ0n) is 17.2. The van der Waals surface area contributed by atoms with Gasteiger partial charge < -0.3 is 19.7 Å². The van der Waals surface area contributed by atoms with E-state index in [4.69, 9.17) is 16.3 Å². The highest BCUT2D eigenvalue weighted by atomic mass is 35.5. The van der Waals surface area contributed by atoms with Crippen molar-refractivity contribution in [3.63, 3.8) is 0 Å². The summed E-state index contributed by atoms with van der Waals surface area (Å²) in [5, 5.41) is 11.5. The van der Waals surface area contributed by atoms with Gasteiger partial charge in [0.15, 0.2) is 0 Å². The summed E-state index contributed by atoms with van der Waals surface area (Å²) in [4.78, 5) is 17.6. The molecule has 4 atom stereocenters. The molecule has 6 heteroatoms. The van der Waals surface area contributed by atoms with E-state index < -0.39 is 6.10 Å². The molecule has 156 valence electrons. The van der Waals surface area contributed by atoms with Gasteiger partial charge in [-0.1, -0.05) is 25.4 Å². The summed E-state index contributed by atoms with van der Waals surface area (Å²) in [6, 6.07) is 7.60. The Balaban J connectivity index is 1.48. The first-order chi connectivity index (χ1) is 13.8. The van der Waals surface area contributed by atoms with Gasteiger partial charge >= 0.3 is 0 Å². The van der Waals surface area contributed by atoms with Crippen molar-refractivity contribution in [1.29, 1.82) is 0 Å². The number of nitrogens with zero attached hydrogens (tertiary/aromatic N) is 1. The third-order valence-electron chi connectivity index (χ3n) is 6.39. The number of aromatic nitrogens is 1. The van der Waals surface area contributed by atoms with Gasteiger partial charge in [0, 0.05) is 24.3 Å². The van der Waals surface area contributed by atoms with Gasteiger partial charge in [0.1, 0.15) is 17.5 Å². The zero-order chi connectivity index (χ0) is 20.7. The number of nitrogens with one attached hydrogen (secondary N) is 1. The lowest BCUT2D eigenvalue weighted by molar-refractivity contribution is -0.0236. The summed E-state index contributed by atoms with van der Waals surface area (Å²) in [7, 11) is 0. The van der Waals surface area contributed by atoms with Gasteiger partial charge in [0.25, 0.3) is 5.91 Å². The molecule has 1 aromatic heterocycles. The van der Waals surface area contributed by atoms with E-state index in [0.717, 1.165) is 28.3 Å². The number of hydrogen-bond acceptors (Lipinski definition) is 3. The smallest absolute Gasteiger partial charge is 0.270 e. The Morgan fingerprint density at radius 3 is 2.66 bits per heavy atom. The highest BCUT2D eigenvalue weighted by Crippen LogP contribution is 2.40. The summed E-state index contributed by atoms with van der Waals surface area (Å²) < 4.78 is 6.35. The maximum atomic E-state index is 12.7. The van der Waals surface area contributed by atoms with E-state index in [1.165, 1.54) is 0 Å². The van der Waals surface area contributed by atoms with Crippen molar-refractivity contribution in [2.45, 2.75) is 51.7 Å². The molecular weight excluding hydrogens is 388 g/mol. The van der Waals surface area contributed by atoms with Gasteiger partial charge in [-0.25, -0.2) is 0 Å². The average molecular weight is 417 g/mol. The van der Waals surface area contributed by atoms with Gasteiger partial charge in [-0.15, -0.1) is 0 Å². The van der Waals surface area contributed by atoms with Crippen molar-refractivity contribution >= 4 is 17.5 Å². The summed E-state index contributed by atoms with van der Waals surface area (Å²) in [5.74, 6) is 1.78. The first-order valence-corrected chi connectivity index (χ1v) is 10.8. The second-order valence-corrected chi connectivity index (χ2v) is 9.21. The number of halogens is 1. The Labute approximate surface area is 177 Å². The van der Waals surface area contributed by atoms with E-state index in [1.807, 2.05) is 30.0 Å². The zero-order valence-corrected chi connectivity index (χ0v) is 17.9. The fourth-order valence-corrected chi connectivity index (χ4v) is 4.88. The number of likely N-dealkylation sites (tertiary alicyclic amines) is 1. The van der Waals surface area contributed by atoms with Crippen molar-refractivity contribution in [2.75, 3.05) is 13.1 Å². The highest BCUT2D eigenvalue weighted by molar-refractivity contribution is 6.31. The number of aromatic amines is 1. The highest BCUT2D eigenvalue weighted by Gasteiger charge is 2.44. The van der Waals surface area contributed by atoms with Gasteiger partial charge in [-0.2, -0.15) is 0 Å². The fraction of sp³-hybridized carbons (Fsp3) is 0.522. The minimum atomic E-state index is -0.534. The number of aryl methyl sites for hydroxylation is 1. The van der Waals surface area contributed by atoms with Gasteiger partial charge in [0.05, 0.1) is 6.10 Å². The number of carbonyl (C=O) groups excluding carboxylic acids is 1. The third kappa shape index (κ3) is 4.03. The fourth-order valence-electron chi connectivity index (χ4n) is 4.70. The van der Waals surface area contributed by atoms with Crippen molar-refractivity contribution < 1.29 is 14.6 Å². The molecule has 0 unspecified atom stereocenters. The van der Waals surface area contributed by atoms with Crippen molar-refractivity contribution in [2.24, 2.45) is 11.8 Å². The van der Waals surface area contributed by atoms with Crippen molar-refractivity contribution in [3.8, 4) is 5.75 Å². The molecule has 4 rings (SSSR count). The minimum absolute atomic E-state index is 0.0341. The Bertz CT molecular complexity index is 880. The number of fused-ring (bicyclic) bond motifs is 1. The van der Waals surface area contributed by atoms with Crippen LogP contribution in [0.5, 0.6) is 5.75 Å². The molecule has 29 heavy (non-hydrogen) atoms. The van der Waals surface area contributed by atoms with Crippen LogP contribution in [0.3, 0.4) is 0 Å². The quantitative estimate of drug-likeness (QED) is 0.776. The number of rotatable bonds is 4. The maximum Gasteiger partial charge on any atom is 0.270 e. The van der Waals surface area contributed by atoms with E-state index in [0.29, 0.717) is 37.0 Å². The van der Waals surface area contributed by atoms with Crippen LogP contribution in [0.15, 0.2) is 30.5 Å². The van der Waals surface area contributed by atoms with Crippen LogP contribution in [0.4, 0.5) is 0 Å². The second kappa shape index (κ2) is 8.04. The topological polar surface area (TPSA) is 65.6 Å². The standard InChI is InChI=1S/C23H29ClN2O3/c1-13(2)17-10-18(24)14(3)7-21(17)29-22-9-16-12-26(11-15(16)8-20(22)27)23(28)19-5-4-6-25-19/h4-7,10,13,15-16,20,22,25,27H,8-9,11-12H2,1-3H3/t15-,16+,20+,22+/m0/s1. The summed E-state index contributed by atoms with van der Waals surface area (Å²) in [5.41, 5.74) is 2.65. The number of aliphatic hydroxyl groups is 1. The summed E-state index contributed by atoms with van der Waals surface area (Å²) >= 11 is 6.32. The number of aliphatic hydroxyl groups excluding tert-OH is 1. The van der Waals surface area contributed by atoms with Gasteiger partial charge in [-0.05, 0) is 72.9 Å². The number of ether oxygens (including phenoxy) is 1. The van der Waals surface area contributed by atoms with E-state index in [2.05, 4.69) is 18.8 Å². The number of hydrogen-bond donors (Lipinski definition) is 2. The van der Waals surface area contributed by atoms with Crippen molar-refractivity contribution in [1.82, 2.24) is 9.88 Å². The summed E-state index contributed by atoms with van der Waals surface area (Å²) in [6.45, 7) is 7.60. The first kappa shape index (κ1) is 20.3. The molecule has 2 N–H and O–H groups in total. The minimum Gasteiger partial charge on any atom is -0.487 e. The maximum absolute atomic E-state index is 12.7. The number of carbonyl (C=O) groups is 1. The molecule has 0 spiro atoms. The molecular formula is C23H29ClN2O3. The Hall–Kier alpha value is -1.98. The largest absolute Gasteiger partial charge is 0.487 e. The lowest BCUT2D eigenvalue weighted by Gasteiger charge is -2.35. The van der Waals surface area contributed by atoms with Crippen LogP contribution in [0.25, 0.3) is 0 Å². The molecule has 5 nitrogen and oxygen atoms in total. The van der Waals surface area contributed by atoms with Crippen LogP contribution in [0.2, 0.25) is 5.02 Å². The average Bonchev–Trinajstić information content (AvgIpc) is 3.33. The van der Waals surface area contributed by atoms with Gasteiger partial charge in [-0.3, -0.25) is 4.79 Å². The predicted molar refractivity (Wildman–Crippen MR) is 114 cm³/mol. The van der Waals surface area contributed by atoms with E-state index in [1.54, 1.807) is 12.3 Å². The third-order valence-corrected chi connectivity index (χ3v) is 6.80. The molecule has 2 aromatic rings. The molecule has 0 bridgehead atoms. The molecule has 2 fully saturated rings. The van der Waals surface area contributed by atoms with E-state index in [9.17, 15) is 9.90 Å². The van der Waals surface area contributed by atoms with Crippen LogP contribution >= 0.6 is 11.6 Å². The lowest BCUT2D eigenvalue weighted by atomic mass is 9.78. The van der Waals surface area contributed by atoms with Crippen LogP contribution in [0.1, 0.15) is 54.2 Å². The second-order valence-electron chi connectivity index (χ2n) is 8.80. The molecule has 1 aromatic carbocycles. The predicted octanol–water partition coefficient (Wildman–Crippen LogP) is 4.39. The molecule has 0 radical (unpaired) electrons. The molecule has 1 aliphatic carbocycles. The molecule has 2 aliphatic rings. The molecule has 1 saturated carbocycles. The Kier molecular flexibility index (Phi) is 5.63. The summed E-state index contributed by atoms with van der Waals surface area (Å²) in [6.07, 6.45) is 2.37. The lowest BCUT2D eigenvalue weighted by Crippen LogP contribution is -2.42. The number of amides is 1. The Morgan fingerprint density at radius 1 is 1.28 bits per heavy atom. The Morgan fingerprint density at radius 2 is 2.00 bits per heavy atom. The first-order valence-electron chi connectivity index (χ1n) is 10.4. The van der Waals surface area contributed by atoms with Crippen LogP contribution in [0, 0.1) is 18.8 Å². The van der Waals surface area contributed by atoms with E-state index >= 15 is 0 Å². The normalized spacial score (nSPS) is 26.6.